The highest BCUT2D eigenvalue weighted by Gasteiger charge is 2.01. The molecule has 0 saturated carbocycles. The lowest BCUT2D eigenvalue weighted by molar-refractivity contribution is 0.192. The third-order valence-corrected chi connectivity index (χ3v) is 3.20. The Balaban J connectivity index is 0.00000441. The summed E-state index contributed by atoms with van der Waals surface area (Å²) in [4.78, 5) is 4.21. The number of nitrogens with one attached hydrogen (secondary N) is 2. The second-order valence-corrected chi connectivity index (χ2v) is 4.77. The normalized spacial score (nSPS) is 11.1. The van der Waals surface area contributed by atoms with Gasteiger partial charge in [-0.1, -0.05) is 6.92 Å². The smallest absolute Gasteiger partial charge is 0.191 e. The molecule has 0 atom stereocenters. The van der Waals surface area contributed by atoms with Gasteiger partial charge in [-0.25, -0.2) is 0 Å². The van der Waals surface area contributed by atoms with Crippen LogP contribution in [0.15, 0.2) is 11.3 Å². The van der Waals surface area contributed by atoms with E-state index in [-0.39, 0.29) is 24.0 Å². The molecule has 0 bridgehead atoms. The van der Waals surface area contributed by atoms with Crippen molar-refractivity contribution < 1.29 is 4.74 Å². The fourth-order valence-corrected chi connectivity index (χ4v) is 2.01. The number of aromatic nitrogens is 3. The van der Waals surface area contributed by atoms with Crippen LogP contribution in [0.4, 0.5) is 0 Å². The minimum Gasteiger partial charge on any atom is -0.385 e. The Bertz CT molecular complexity index is 410. The summed E-state index contributed by atoms with van der Waals surface area (Å²) in [7, 11) is 3.53. The molecule has 0 saturated heterocycles. The number of hydrogen-bond donors (Lipinski definition) is 2. The van der Waals surface area contributed by atoms with Crippen molar-refractivity contribution in [3.8, 4) is 0 Å². The monoisotopic (exact) mass is 424 g/mol. The third kappa shape index (κ3) is 8.52. The SMILES string of the molecule is CCc1nncn1CCNC(=NC)NCCCCCOC.I. The average molecular weight is 424 g/mol. The van der Waals surface area contributed by atoms with E-state index in [1.165, 1.54) is 6.42 Å². The first-order chi connectivity index (χ1) is 10.3. The number of aryl methyl sites for hydroxylation is 1. The number of guanidine groups is 1. The largest absolute Gasteiger partial charge is 0.385 e. The number of unbranched alkanes of at least 4 members (excludes halogenated alkanes) is 2. The maximum Gasteiger partial charge on any atom is 0.191 e. The Morgan fingerprint density at radius 2 is 2.05 bits per heavy atom. The van der Waals surface area contributed by atoms with Crippen molar-refractivity contribution in [2.24, 2.45) is 4.99 Å². The van der Waals surface area contributed by atoms with Crippen LogP contribution in [0.3, 0.4) is 0 Å². The molecule has 0 amide bonds. The first-order valence-electron chi connectivity index (χ1n) is 7.62. The second-order valence-electron chi connectivity index (χ2n) is 4.77. The standard InChI is InChI=1S/C14H28N6O.HI/c1-4-13-19-18-12-20(13)10-9-17-14(15-2)16-8-6-5-7-11-21-3;/h12H,4-11H2,1-3H3,(H2,15,16,17);1H. The lowest BCUT2D eigenvalue weighted by Gasteiger charge is -2.12. The van der Waals surface area contributed by atoms with Crippen molar-refractivity contribution in [2.75, 3.05) is 33.9 Å². The van der Waals surface area contributed by atoms with E-state index < -0.39 is 0 Å². The van der Waals surface area contributed by atoms with Gasteiger partial charge in [-0.2, -0.15) is 0 Å². The quantitative estimate of drug-likeness (QED) is 0.257. The van der Waals surface area contributed by atoms with Gasteiger partial charge < -0.3 is 19.9 Å². The van der Waals surface area contributed by atoms with E-state index in [2.05, 4.69) is 37.3 Å². The van der Waals surface area contributed by atoms with E-state index in [4.69, 9.17) is 4.74 Å². The van der Waals surface area contributed by atoms with Crippen molar-refractivity contribution in [1.82, 2.24) is 25.4 Å². The minimum atomic E-state index is 0. The van der Waals surface area contributed by atoms with Crippen LogP contribution < -0.4 is 10.6 Å². The van der Waals surface area contributed by atoms with Crippen LogP contribution in [-0.2, 0) is 17.7 Å². The Morgan fingerprint density at radius 1 is 1.27 bits per heavy atom. The zero-order valence-electron chi connectivity index (χ0n) is 13.8. The Hall–Kier alpha value is -0.900. The Labute approximate surface area is 150 Å². The highest BCUT2D eigenvalue weighted by molar-refractivity contribution is 14.0. The van der Waals surface area contributed by atoms with Crippen molar-refractivity contribution >= 4 is 29.9 Å². The summed E-state index contributed by atoms with van der Waals surface area (Å²) in [5.74, 6) is 1.85. The van der Waals surface area contributed by atoms with E-state index in [0.717, 1.165) is 57.3 Å². The number of rotatable bonds is 10. The van der Waals surface area contributed by atoms with Gasteiger partial charge in [0.15, 0.2) is 5.96 Å². The van der Waals surface area contributed by atoms with E-state index in [1.807, 2.05) is 0 Å². The van der Waals surface area contributed by atoms with Gasteiger partial charge in [-0.05, 0) is 19.3 Å². The Morgan fingerprint density at radius 3 is 2.73 bits per heavy atom. The summed E-state index contributed by atoms with van der Waals surface area (Å²) in [6.07, 6.45) is 6.06. The number of aliphatic imine (C=N–C) groups is 1. The zero-order valence-corrected chi connectivity index (χ0v) is 16.2. The molecule has 0 aliphatic heterocycles. The van der Waals surface area contributed by atoms with Gasteiger partial charge in [-0.3, -0.25) is 4.99 Å². The van der Waals surface area contributed by atoms with E-state index in [9.17, 15) is 0 Å². The molecule has 1 aromatic heterocycles. The predicted octanol–water partition coefficient (Wildman–Crippen LogP) is 1.44. The summed E-state index contributed by atoms with van der Waals surface area (Å²) in [6, 6.07) is 0. The van der Waals surface area contributed by atoms with Crippen LogP contribution >= 0.6 is 24.0 Å². The van der Waals surface area contributed by atoms with Crippen molar-refractivity contribution in [3.63, 3.8) is 0 Å². The molecule has 128 valence electrons. The van der Waals surface area contributed by atoms with Gasteiger partial charge >= 0.3 is 0 Å². The van der Waals surface area contributed by atoms with E-state index in [0.29, 0.717) is 0 Å². The fourth-order valence-electron chi connectivity index (χ4n) is 2.01. The van der Waals surface area contributed by atoms with E-state index in [1.54, 1.807) is 20.5 Å². The summed E-state index contributed by atoms with van der Waals surface area (Å²) in [5.41, 5.74) is 0. The van der Waals surface area contributed by atoms with Gasteiger partial charge in [0, 0.05) is 46.8 Å². The lowest BCUT2D eigenvalue weighted by atomic mass is 10.2. The maximum atomic E-state index is 5.03. The molecular formula is C14H29IN6O. The predicted molar refractivity (Wildman–Crippen MR) is 99.9 cm³/mol. The summed E-state index contributed by atoms with van der Waals surface area (Å²) < 4.78 is 7.09. The van der Waals surface area contributed by atoms with Crippen molar-refractivity contribution in [2.45, 2.75) is 39.2 Å². The van der Waals surface area contributed by atoms with Gasteiger partial charge in [0.2, 0.25) is 0 Å². The van der Waals surface area contributed by atoms with Crippen LogP contribution in [0.25, 0.3) is 0 Å². The third-order valence-electron chi connectivity index (χ3n) is 3.20. The number of ether oxygens (including phenoxy) is 1. The number of nitrogens with zero attached hydrogens (tertiary/aromatic N) is 4. The Kier molecular flexibility index (Phi) is 13.2. The highest BCUT2D eigenvalue weighted by atomic mass is 127. The molecule has 0 fully saturated rings. The molecule has 0 aliphatic rings. The minimum absolute atomic E-state index is 0. The summed E-state index contributed by atoms with van der Waals surface area (Å²) >= 11 is 0. The molecule has 0 radical (unpaired) electrons. The van der Waals surface area contributed by atoms with Crippen LogP contribution in [0, 0.1) is 0 Å². The molecule has 0 aromatic carbocycles. The molecule has 0 unspecified atom stereocenters. The molecule has 1 rings (SSSR count). The first-order valence-corrected chi connectivity index (χ1v) is 7.62. The molecule has 2 N–H and O–H groups in total. The molecule has 8 heteroatoms. The topological polar surface area (TPSA) is 76.4 Å². The van der Waals surface area contributed by atoms with Crippen molar-refractivity contribution in [3.05, 3.63) is 12.2 Å². The molecular weight excluding hydrogens is 395 g/mol. The van der Waals surface area contributed by atoms with Gasteiger partial charge in [-0.15, -0.1) is 34.2 Å². The summed E-state index contributed by atoms with van der Waals surface area (Å²) in [5, 5.41) is 14.6. The number of hydrogen-bond acceptors (Lipinski definition) is 4. The van der Waals surface area contributed by atoms with Crippen molar-refractivity contribution in [1.29, 1.82) is 0 Å². The molecule has 0 aliphatic carbocycles. The fraction of sp³-hybridized carbons (Fsp3) is 0.786. The second kappa shape index (κ2) is 13.7. The first kappa shape index (κ1) is 21.1. The molecule has 1 heterocycles. The van der Waals surface area contributed by atoms with Gasteiger partial charge in [0.25, 0.3) is 0 Å². The van der Waals surface area contributed by atoms with Crippen LogP contribution in [-0.4, -0.2) is 54.6 Å². The molecule has 22 heavy (non-hydrogen) atoms. The van der Waals surface area contributed by atoms with Crippen LogP contribution in [0.5, 0.6) is 0 Å². The molecule has 7 nitrogen and oxygen atoms in total. The lowest BCUT2D eigenvalue weighted by Crippen LogP contribution is -2.39. The van der Waals surface area contributed by atoms with Crippen LogP contribution in [0.2, 0.25) is 0 Å². The number of halogens is 1. The average Bonchev–Trinajstić information content (AvgIpc) is 2.96. The molecule has 1 aromatic rings. The van der Waals surface area contributed by atoms with E-state index >= 15 is 0 Å². The zero-order chi connectivity index (χ0) is 15.3. The highest BCUT2D eigenvalue weighted by Crippen LogP contribution is 1.95. The van der Waals surface area contributed by atoms with Gasteiger partial charge in [0.1, 0.15) is 12.2 Å². The number of methoxy groups -OCH3 is 1. The molecule has 0 spiro atoms. The van der Waals surface area contributed by atoms with Gasteiger partial charge in [0.05, 0.1) is 0 Å². The summed E-state index contributed by atoms with van der Waals surface area (Å²) in [6.45, 7) is 5.49. The van der Waals surface area contributed by atoms with Crippen LogP contribution in [0.1, 0.15) is 32.0 Å². The maximum absolute atomic E-state index is 5.03.